The molecule has 0 aliphatic heterocycles. The van der Waals surface area contributed by atoms with Crippen LogP contribution in [-0.4, -0.2) is 23.5 Å². The Morgan fingerprint density at radius 1 is 1.38 bits per heavy atom. The van der Waals surface area contributed by atoms with Gasteiger partial charge in [0.1, 0.15) is 5.52 Å². The van der Waals surface area contributed by atoms with Crippen molar-refractivity contribution in [3.63, 3.8) is 0 Å². The van der Waals surface area contributed by atoms with Gasteiger partial charge >= 0.3 is 0 Å². The van der Waals surface area contributed by atoms with Crippen molar-refractivity contribution in [3.8, 4) is 0 Å². The molecule has 3 nitrogen and oxygen atoms in total. The van der Waals surface area contributed by atoms with Crippen LogP contribution in [0.25, 0.3) is 11.1 Å². The molecule has 1 saturated carbocycles. The van der Waals surface area contributed by atoms with E-state index >= 15 is 0 Å². The number of alkyl halides is 1. The topological polar surface area (TPSA) is 29.3 Å². The molecule has 1 aliphatic carbocycles. The number of para-hydroxylation sites is 2. The fourth-order valence-corrected chi connectivity index (χ4v) is 2.08. The first-order valence-electron chi connectivity index (χ1n) is 5.56. The van der Waals surface area contributed by atoms with Crippen LogP contribution in [0.4, 0.5) is 6.01 Å². The molecule has 1 aliphatic rings. The maximum absolute atomic E-state index is 5.81. The smallest absolute Gasteiger partial charge is 0.298 e. The Balaban J connectivity index is 1.96. The Morgan fingerprint density at radius 3 is 2.88 bits per heavy atom. The number of halogens is 1. The van der Waals surface area contributed by atoms with E-state index in [0.717, 1.165) is 17.6 Å². The lowest BCUT2D eigenvalue weighted by atomic mass is 10.3. The van der Waals surface area contributed by atoms with Gasteiger partial charge in [0.2, 0.25) is 0 Å². The monoisotopic (exact) mass is 236 g/mol. The molecule has 3 rings (SSSR count). The minimum atomic E-state index is 0.576. The molecule has 0 N–H and O–H groups in total. The van der Waals surface area contributed by atoms with Gasteiger partial charge in [-0.1, -0.05) is 12.1 Å². The number of rotatable bonds is 4. The quantitative estimate of drug-likeness (QED) is 0.765. The number of hydrogen-bond acceptors (Lipinski definition) is 3. The second kappa shape index (κ2) is 3.98. The summed E-state index contributed by atoms with van der Waals surface area (Å²) in [6, 6.07) is 9.13. The summed E-state index contributed by atoms with van der Waals surface area (Å²) in [6.45, 7) is 0.805. The molecule has 1 fully saturated rings. The van der Waals surface area contributed by atoms with E-state index in [2.05, 4.69) is 9.88 Å². The third-order valence-corrected chi connectivity index (χ3v) is 3.01. The molecule has 0 atom stereocenters. The molecular formula is C12H13ClN2O. The predicted molar refractivity (Wildman–Crippen MR) is 65.1 cm³/mol. The largest absolute Gasteiger partial charge is 0.423 e. The van der Waals surface area contributed by atoms with Crippen molar-refractivity contribution in [3.05, 3.63) is 24.3 Å². The van der Waals surface area contributed by atoms with Gasteiger partial charge in [0, 0.05) is 18.5 Å². The molecule has 84 valence electrons. The highest BCUT2D eigenvalue weighted by molar-refractivity contribution is 6.18. The summed E-state index contributed by atoms with van der Waals surface area (Å²) in [4.78, 5) is 6.67. The summed E-state index contributed by atoms with van der Waals surface area (Å²) in [6.07, 6.45) is 2.44. The van der Waals surface area contributed by atoms with E-state index in [4.69, 9.17) is 16.0 Å². The van der Waals surface area contributed by atoms with E-state index < -0.39 is 0 Å². The number of aromatic nitrogens is 1. The summed E-state index contributed by atoms with van der Waals surface area (Å²) >= 11 is 5.81. The lowest BCUT2D eigenvalue weighted by Crippen LogP contribution is -2.27. The van der Waals surface area contributed by atoms with Crippen LogP contribution in [0.2, 0.25) is 0 Å². The zero-order valence-corrected chi connectivity index (χ0v) is 9.65. The van der Waals surface area contributed by atoms with Gasteiger partial charge in [-0.15, -0.1) is 11.6 Å². The molecule has 1 heterocycles. The first-order valence-corrected chi connectivity index (χ1v) is 6.10. The number of benzene rings is 1. The van der Waals surface area contributed by atoms with Crippen LogP contribution in [0.15, 0.2) is 28.7 Å². The average Bonchev–Trinajstić information content (AvgIpc) is 3.04. The first-order chi connectivity index (χ1) is 7.88. The number of oxazole rings is 1. The normalized spacial score (nSPS) is 15.6. The van der Waals surface area contributed by atoms with Crippen molar-refractivity contribution in [2.45, 2.75) is 18.9 Å². The highest BCUT2D eigenvalue weighted by Gasteiger charge is 2.31. The van der Waals surface area contributed by atoms with E-state index in [9.17, 15) is 0 Å². The molecule has 0 bridgehead atoms. The molecular weight excluding hydrogens is 224 g/mol. The summed E-state index contributed by atoms with van der Waals surface area (Å²) in [5.74, 6) is 0.606. The van der Waals surface area contributed by atoms with E-state index in [1.165, 1.54) is 12.8 Å². The summed E-state index contributed by atoms with van der Waals surface area (Å²) < 4.78 is 5.74. The minimum absolute atomic E-state index is 0.576. The van der Waals surface area contributed by atoms with Crippen molar-refractivity contribution in [2.24, 2.45) is 0 Å². The molecule has 0 saturated heterocycles. The maximum Gasteiger partial charge on any atom is 0.298 e. The van der Waals surface area contributed by atoms with Crippen molar-refractivity contribution in [1.82, 2.24) is 4.98 Å². The van der Waals surface area contributed by atoms with Crippen LogP contribution in [0.3, 0.4) is 0 Å². The fourth-order valence-electron chi connectivity index (χ4n) is 1.89. The lowest BCUT2D eigenvalue weighted by Gasteiger charge is -2.17. The highest BCUT2D eigenvalue weighted by atomic mass is 35.5. The van der Waals surface area contributed by atoms with Gasteiger partial charge < -0.3 is 9.32 Å². The van der Waals surface area contributed by atoms with Crippen LogP contribution < -0.4 is 4.90 Å². The van der Waals surface area contributed by atoms with Crippen LogP contribution in [0, 0.1) is 0 Å². The van der Waals surface area contributed by atoms with E-state index in [0.29, 0.717) is 17.9 Å². The summed E-state index contributed by atoms with van der Waals surface area (Å²) in [5.41, 5.74) is 1.76. The number of hydrogen-bond donors (Lipinski definition) is 0. The molecule has 0 spiro atoms. The van der Waals surface area contributed by atoms with Crippen LogP contribution in [-0.2, 0) is 0 Å². The SMILES string of the molecule is ClCCN(c1nc2ccccc2o1)C1CC1. The summed E-state index contributed by atoms with van der Waals surface area (Å²) in [7, 11) is 0. The molecule has 4 heteroatoms. The zero-order valence-electron chi connectivity index (χ0n) is 8.90. The van der Waals surface area contributed by atoms with Crippen molar-refractivity contribution in [2.75, 3.05) is 17.3 Å². The molecule has 1 aromatic carbocycles. The van der Waals surface area contributed by atoms with Crippen LogP contribution in [0.5, 0.6) is 0 Å². The Hall–Kier alpha value is -1.22. The van der Waals surface area contributed by atoms with Gasteiger partial charge in [-0.3, -0.25) is 0 Å². The van der Waals surface area contributed by atoms with Crippen molar-refractivity contribution < 1.29 is 4.42 Å². The Labute approximate surface area is 99.0 Å². The Bertz CT molecular complexity index is 459. The standard InChI is InChI=1S/C12H13ClN2O/c13-7-8-15(9-5-6-9)12-14-10-3-1-2-4-11(10)16-12/h1-4,9H,5-8H2. The number of anilines is 1. The van der Waals surface area contributed by atoms with E-state index in [-0.39, 0.29) is 0 Å². The number of fused-ring (bicyclic) bond motifs is 1. The third kappa shape index (κ3) is 1.76. The predicted octanol–water partition coefficient (Wildman–Crippen LogP) is 3.04. The number of nitrogens with zero attached hydrogens (tertiary/aromatic N) is 2. The van der Waals surface area contributed by atoms with Gasteiger partial charge in [0.25, 0.3) is 6.01 Å². The second-order valence-electron chi connectivity index (χ2n) is 4.08. The molecule has 0 amide bonds. The lowest BCUT2D eigenvalue weighted by molar-refractivity contribution is 0.569. The first kappa shape index (κ1) is 9.97. The van der Waals surface area contributed by atoms with Crippen LogP contribution in [0.1, 0.15) is 12.8 Å². The molecule has 0 radical (unpaired) electrons. The van der Waals surface area contributed by atoms with Gasteiger partial charge in [0.05, 0.1) is 0 Å². The molecule has 0 unspecified atom stereocenters. The van der Waals surface area contributed by atoms with E-state index in [1.807, 2.05) is 24.3 Å². The van der Waals surface area contributed by atoms with Gasteiger partial charge in [-0.2, -0.15) is 4.98 Å². The van der Waals surface area contributed by atoms with Gasteiger partial charge in [0.15, 0.2) is 5.58 Å². The van der Waals surface area contributed by atoms with Crippen LogP contribution >= 0.6 is 11.6 Å². The third-order valence-electron chi connectivity index (χ3n) is 2.84. The van der Waals surface area contributed by atoms with Gasteiger partial charge in [-0.25, -0.2) is 0 Å². The Morgan fingerprint density at radius 2 is 2.19 bits per heavy atom. The minimum Gasteiger partial charge on any atom is -0.423 e. The van der Waals surface area contributed by atoms with Crippen molar-refractivity contribution in [1.29, 1.82) is 0 Å². The second-order valence-corrected chi connectivity index (χ2v) is 4.46. The van der Waals surface area contributed by atoms with Gasteiger partial charge in [-0.05, 0) is 25.0 Å². The van der Waals surface area contributed by atoms with E-state index in [1.54, 1.807) is 0 Å². The Kier molecular flexibility index (Phi) is 2.48. The molecule has 1 aromatic heterocycles. The maximum atomic E-state index is 5.81. The zero-order chi connectivity index (χ0) is 11.0. The fraction of sp³-hybridized carbons (Fsp3) is 0.417. The average molecular weight is 237 g/mol. The molecule has 2 aromatic rings. The molecule has 16 heavy (non-hydrogen) atoms. The summed E-state index contributed by atoms with van der Waals surface area (Å²) in [5, 5.41) is 0. The highest BCUT2D eigenvalue weighted by Crippen LogP contribution is 2.32. The van der Waals surface area contributed by atoms with Crippen molar-refractivity contribution >= 4 is 28.7 Å².